The first-order valence-electron chi connectivity index (χ1n) is 4.87. The first-order chi connectivity index (χ1) is 7.65. The van der Waals surface area contributed by atoms with Crippen LogP contribution in [-0.4, -0.2) is 18.1 Å². The van der Waals surface area contributed by atoms with Crippen molar-refractivity contribution in [2.45, 2.75) is 6.92 Å². The number of carbonyl (C=O) groups is 1. The van der Waals surface area contributed by atoms with E-state index in [2.05, 4.69) is 4.98 Å². The quantitative estimate of drug-likeness (QED) is 0.584. The number of anilines is 1. The van der Waals surface area contributed by atoms with E-state index in [0.717, 1.165) is 10.9 Å². The lowest BCUT2D eigenvalue weighted by atomic mass is 10.0. The van der Waals surface area contributed by atoms with E-state index in [0.29, 0.717) is 16.8 Å². The minimum atomic E-state index is -0.428. The zero-order valence-electron chi connectivity index (χ0n) is 9.15. The topological polar surface area (TPSA) is 65.2 Å². The molecule has 2 rings (SSSR count). The number of nitrogen functional groups attached to an aromatic ring is 1. The molecule has 4 nitrogen and oxygen atoms in total. The third kappa shape index (κ3) is 1.48. The highest BCUT2D eigenvalue weighted by Crippen LogP contribution is 2.26. The van der Waals surface area contributed by atoms with Crippen LogP contribution in [0.2, 0.25) is 0 Å². The fourth-order valence-electron chi connectivity index (χ4n) is 1.77. The first-order valence-corrected chi connectivity index (χ1v) is 4.87. The number of aromatic nitrogens is 1. The van der Waals surface area contributed by atoms with Gasteiger partial charge >= 0.3 is 5.97 Å². The third-order valence-electron chi connectivity index (χ3n) is 2.52. The predicted octanol–water partition coefficient (Wildman–Crippen LogP) is 1.91. The summed E-state index contributed by atoms with van der Waals surface area (Å²) in [5.41, 5.74) is 8.14. The number of nitrogens with zero attached hydrogens (tertiary/aromatic N) is 1. The highest BCUT2D eigenvalue weighted by atomic mass is 16.5. The van der Waals surface area contributed by atoms with Crippen molar-refractivity contribution in [2.24, 2.45) is 0 Å². The number of ether oxygens (including phenoxy) is 1. The lowest BCUT2D eigenvalue weighted by Gasteiger charge is -2.09. The molecule has 0 atom stereocenters. The number of pyridine rings is 1. The fraction of sp³-hybridized carbons (Fsp3) is 0.167. The molecule has 0 fully saturated rings. The number of hydrogen-bond acceptors (Lipinski definition) is 4. The molecule has 0 unspecified atom stereocenters. The maximum atomic E-state index is 11.6. The predicted molar refractivity (Wildman–Crippen MR) is 62.2 cm³/mol. The van der Waals surface area contributed by atoms with Crippen LogP contribution in [0.5, 0.6) is 0 Å². The maximum Gasteiger partial charge on any atom is 0.340 e. The second-order valence-corrected chi connectivity index (χ2v) is 3.55. The van der Waals surface area contributed by atoms with Crippen molar-refractivity contribution in [1.82, 2.24) is 4.98 Å². The minimum Gasteiger partial charge on any atom is -0.465 e. The van der Waals surface area contributed by atoms with E-state index >= 15 is 0 Å². The second-order valence-electron chi connectivity index (χ2n) is 3.55. The smallest absolute Gasteiger partial charge is 0.340 e. The van der Waals surface area contributed by atoms with Gasteiger partial charge in [-0.2, -0.15) is 0 Å². The number of fused-ring (bicyclic) bond motifs is 1. The van der Waals surface area contributed by atoms with Gasteiger partial charge in [0.2, 0.25) is 0 Å². The Morgan fingerprint density at radius 1 is 1.50 bits per heavy atom. The van der Waals surface area contributed by atoms with Gasteiger partial charge < -0.3 is 10.5 Å². The highest BCUT2D eigenvalue weighted by molar-refractivity contribution is 6.05. The van der Waals surface area contributed by atoms with E-state index in [4.69, 9.17) is 10.5 Å². The molecule has 0 aliphatic heterocycles. The lowest BCUT2D eigenvalue weighted by Crippen LogP contribution is -2.09. The average Bonchev–Trinajstić information content (AvgIpc) is 2.28. The van der Waals surface area contributed by atoms with Crippen LogP contribution in [0.3, 0.4) is 0 Å². The van der Waals surface area contributed by atoms with Gasteiger partial charge in [-0.1, -0.05) is 6.07 Å². The SMILES string of the molecule is COC(=O)c1c(C)cc2cccnc2c1N. The molecule has 2 N–H and O–H groups in total. The molecule has 0 bridgehead atoms. The Balaban J connectivity index is 2.80. The lowest BCUT2D eigenvalue weighted by molar-refractivity contribution is 0.0601. The summed E-state index contributed by atoms with van der Waals surface area (Å²) >= 11 is 0. The van der Waals surface area contributed by atoms with Gasteiger partial charge in [0, 0.05) is 11.6 Å². The second kappa shape index (κ2) is 3.81. The average molecular weight is 216 g/mol. The molecule has 0 amide bonds. The number of nitrogens with two attached hydrogens (primary N) is 1. The van der Waals surface area contributed by atoms with E-state index in [1.165, 1.54) is 7.11 Å². The monoisotopic (exact) mass is 216 g/mol. The summed E-state index contributed by atoms with van der Waals surface area (Å²) in [7, 11) is 1.34. The van der Waals surface area contributed by atoms with Gasteiger partial charge in [-0.05, 0) is 24.6 Å². The number of methoxy groups -OCH3 is 1. The van der Waals surface area contributed by atoms with Gasteiger partial charge in [0.15, 0.2) is 0 Å². The van der Waals surface area contributed by atoms with Crippen molar-refractivity contribution in [3.63, 3.8) is 0 Å². The normalized spacial score (nSPS) is 10.4. The molecular formula is C12H12N2O2. The first kappa shape index (κ1) is 10.4. The van der Waals surface area contributed by atoms with Gasteiger partial charge in [-0.25, -0.2) is 4.79 Å². The van der Waals surface area contributed by atoms with Gasteiger partial charge in [0.1, 0.15) is 0 Å². The molecule has 2 aromatic rings. The molecule has 0 saturated heterocycles. The van der Waals surface area contributed by atoms with Crippen LogP contribution in [0.1, 0.15) is 15.9 Å². The zero-order valence-corrected chi connectivity index (χ0v) is 9.15. The largest absolute Gasteiger partial charge is 0.465 e. The highest BCUT2D eigenvalue weighted by Gasteiger charge is 2.16. The van der Waals surface area contributed by atoms with Crippen LogP contribution in [-0.2, 0) is 4.74 Å². The number of carbonyl (C=O) groups excluding carboxylic acids is 1. The molecule has 16 heavy (non-hydrogen) atoms. The van der Waals surface area contributed by atoms with Gasteiger partial charge in [0.05, 0.1) is 23.9 Å². The van der Waals surface area contributed by atoms with Gasteiger partial charge in [-0.3, -0.25) is 4.98 Å². The van der Waals surface area contributed by atoms with E-state index in [-0.39, 0.29) is 0 Å². The molecule has 1 aromatic carbocycles. The van der Waals surface area contributed by atoms with Crippen molar-refractivity contribution >= 4 is 22.6 Å². The summed E-state index contributed by atoms with van der Waals surface area (Å²) in [4.78, 5) is 15.7. The van der Waals surface area contributed by atoms with Crippen LogP contribution >= 0.6 is 0 Å². The van der Waals surface area contributed by atoms with E-state index in [1.54, 1.807) is 6.20 Å². The van der Waals surface area contributed by atoms with Crippen LogP contribution in [0.25, 0.3) is 10.9 Å². The Bertz CT molecular complexity index is 564. The summed E-state index contributed by atoms with van der Waals surface area (Å²) in [5.74, 6) is -0.428. The molecule has 0 radical (unpaired) electrons. The number of hydrogen-bond donors (Lipinski definition) is 1. The van der Waals surface area contributed by atoms with E-state index in [9.17, 15) is 4.79 Å². The summed E-state index contributed by atoms with van der Waals surface area (Å²) in [6, 6.07) is 5.62. The maximum absolute atomic E-state index is 11.6. The summed E-state index contributed by atoms with van der Waals surface area (Å²) in [5, 5.41) is 0.921. The van der Waals surface area contributed by atoms with Crippen LogP contribution in [0.15, 0.2) is 24.4 Å². The van der Waals surface area contributed by atoms with E-state index in [1.807, 2.05) is 25.1 Å². The summed E-state index contributed by atoms with van der Waals surface area (Å²) in [6.45, 7) is 1.83. The summed E-state index contributed by atoms with van der Waals surface area (Å²) in [6.07, 6.45) is 1.65. The Morgan fingerprint density at radius 2 is 2.25 bits per heavy atom. The molecule has 0 saturated carbocycles. The zero-order chi connectivity index (χ0) is 11.7. The third-order valence-corrected chi connectivity index (χ3v) is 2.52. The van der Waals surface area contributed by atoms with Crippen molar-refractivity contribution in [2.75, 3.05) is 12.8 Å². The Morgan fingerprint density at radius 3 is 2.94 bits per heavy atom. The molecule has 0 aliphatic carbocycles. The molecular weight excluding hydrogens is 204 g/mol. The van der Waals surface area contributed by atoms with Gasteiger partial charge in [-0.15, -0.1) is 0 Å². The van der Waals surface area contributed by atoms with Crippen molar-refractivity contribution in [3.05, 3.63) is 35.5 Å². The Labute approximate surface area is 93.0 Å². The Kier molecular flexibility index (Phi) is 2.48. The summed E-state index contributed by atoms with van der Waals surface area (Å²) < 4.78 is 4.70. The number of esters is 1. The minimum absolute atomic E-state index is 0.377. The van der Waals surface area contributed by atoms with Crippen LogP contribution < -0.4 is 5.73 Å². The number of rotatable bonds is 1. The van der Waals surface area contributed by atoms with Crippen molar-refractivity contribution < 1.29 is 9.53 Å². The van der Waals surface area contributed by atoms with Crippen LogP contribution in [0, 0.1) is 6.92 Å². The molecule has 0 spiro atoms. The van der Waals surface area contributed by atoms with Crippen molar-refractivity contribution in [3.8, 4) is 0 Å². The molecule has 1 aromatic heterocycles. The molecule has 82 valence electrons. The number of aryl methyl sites for hydroxylation is 1. The number of benzene rings is 1. The van der Waals surface area contributed by atoms with Gasteiger partial charge in [0.25, 0.3) is 0 Å². The van der Waals surface area contributed by atoms with Crippen molar-refractivity contribution in [1.29, 1.82) is 0 Å². The van der Waals surface area contributed by atoms with E-state index < -0.39 is 5.97 Å². The standard InChI is InChI=1S/C12H12N2O2/c1-7-6-8-4-3-5-14-11(8)10(13)9(7)12(15)16-2/h3-6H,13H2,1-2H3. The molecule has 1 heterocycles. The molecule has 0 aliphatic rings. The fourth-order valence-corrected chi connectivity index (χ4v) is 1.77. The Hall–Kier alpha value is -2.10. The van der Waals surface area contributed by atoms with Crippen LogP contribution in [0.4, 0.5) is 5.69 Å². The molecule has 4 heteroatoms.